The fourth-order valence-corrected chi connectivity index (χ4v) is 5.16. The van der Waals surface area contributed by atoms with Crippen LogP contribution in [0.25, 0.3) is 22.0 Å². The third-order valence-electron chi connectivity index (χ3n) is 6.81. The third-order valence-corrected chi connectivity index (χ3v) is 7.10. The molecule has 2 aromatic heterocycles. The molecule has 41 heavy (non-hydrogen) atoms. The van der Waals surface area contributed by atoms with Crippen molar-refractivity contribution in [1.29, 1.82) is 0 Å². The molecular weight excluding hydrogens is 558 g/mol. The number of hydrogen-bond acceptors (Lipinski definition) is 3. The zero-order valence-corrected chi connectivity index (χ0v) is 22.1. The van der Waals surface area contributed by atoms with Crippen molar-refractivity contribution >= 4 is 34.2 Å². The van der Waals surface area contributed by atoms with Gasteiger partial charge >= 0.3 is 0 Å². The lowest BCUT2D eigenvalue weighted by Gasteiger charge is -2.20. The maximum Gasteiger partial charge on any atom is 0.251 e. The Morgan fingerprint density at radius 3 is 2.41 bits per heavy atom. The SMILES string of the molecule is NC(=O)c1cc(-c2cccnc2[C@@H](CC(=O)Cn2ccc3cc(F)c(Cl)cc32)Cc2cc(F)cc(F)c2)ccc1F. The van der Waals surface area contributed by atoms with Crippen molar-refractivity contribution in [2.75, 3.05) is 0 Å². The molecule has 0 aliphatic carbocycles. The van der Waals surface area contributed by atoms with E-state index < -0.39 is 35.1 Å². The van der Waals surface area contributed by atoms with E-state index in [4.69, 9.17) is 17.3 Å². The van der Waals surface area contributed by atoms with E-state index in [1.807, 2.05) is 0 Å². The molecule has 0 aliphatic rings. The highest BCUT2D eigenvalue weighted by Crippen LogP contribution is 2.34. The molecule has 0 unspecified atom stereocenters. The highest BCUT2D eigenvalue weighted by atomic mass is 35.5. The van der Waals surface area contributed by atoms with Gasteiger partial charge in [0.1, 0.15) is 23.3 Å². The number of nitrogens with zero attached hydrogens (tertiary/aromatic N) is 2. The number of fused-ring (bicyclic) bond motifs is 1. The molecule has 208 valence electrons. The number of halogens is 5. The van der Waals surface area contributed by atoms with Gasteiger partial charge in [0.2, 0.25) is 0 Å². The highest BCUT2D eigenvalue weighted by molar-refractivity contribution is 6.31. The fraction of sp³-hybridized carbons (Fsp3) is 0.129. The first-order chi connectivity index (χ1) is 19.6. The van der Waals surface area contributed by atoms with E-state index in [2.05, 4.69) is 4.98 Å². The molecule has 5 nitrogen and oxygen atoms in total. The van der Waals surface area contributed by atoms with Gasteiger partial charge in [0.15, 0.2) is 5.78 Å². The van der Waals surface area contributed by atoms with Crippen LogP contribution in [0.1, 0.15) is 34.0 Å². The molecule has 5 rings (SSSR count). The lowest BCUT2D eigenvalue weighted by atomic mass is 9.86. The Bertz CT molecular complexity index is 1780. The van der Waals surface area contributed by atoms with Crippen LogP contribution in [0, 0.1) is 23.3 Å². The molecule has 0 saturated carbocycles. The van der Waals surface area contributed by atoms with E-state index in [0.29, 0.717) is 33.3 Å². The Kier molecular flexibility index (Phi) is 7.90. The topological polar surface area (TPSA) is 78.0 Å². The first-order valence-electron chi connectivity index (χ1n) is 12.5. The summed E-state index contributed by atoms with van der Waals surface area (Å²) in [5.41, 5.74) is 7.24. The summed E-state index contributed by atoms with van der Waals surface area (Å²) in [6.07, 6.45) is 3.13. The van der Waals surface area contributed by atoms with Crippen LogP contribution in [-0.2, 0) is 17.8 Å². The first kappa shape index (κ1) is 28.0. The summed E-state index contributed by atoms with van der Waals surface area (Å²) >= 11 is 5.95. The van der Waals surface area contributed by atoms with Crippen molar-refractivity contribution in [1.82, 2.24) is 9.55 Å². The average Bonchev–Trinajstić information content (AvgIpc) is 3.28. The van der Waals surface area contributed by atoms with Gasteiger partial charge in [-0.15, -0.1) is 0 Å². The number of carbonyl (C=O) groups excluding carboxylic acids is 2. The van der Waals surface area contributed by atoms with E-state index in [1.54, 1.807) is 29.0 Å². The normalized spacial score (nSPS) is 12.0. The second-order valence-corrected chi connectivity index (χ2v) is 10.1. The number of Topliss-reactive ketones (excluding diaryl/α,β-unsaturated/α-hetero) is 1. The zero-order valence-electron chi connectivity index (χ0n) is 21.4. The molecule has 0 fully saturated rings. The van der Waals surface area contributed by atoms with Gasteiger partial charge in [-0.3, -0.25) is 14.6 Å². The fourth-order valence-electron chi connectivity index (χ4n) is 5.00. The number of nitrogens with two attached hydrogens (primary N) is 1. The molecular formula is C31H22ClF4N3O2. The number of rotatable bonds is 9. The minimum Gasteiger partial charge on any atom is -0.366 e. The smallest absolute Gasteiger partial charge is 0.251 e. The van der Waals surface area contributed by atoms with Crippen LogP contribution in [0.15, 0.2) is 79.1 Å². The van der Waals surface area contributed by atoms with Crippen molar-refractivity contribution in [2.45, 2.75) is 25.3 Å². The number of benzene rings is 3. The van der Waals surface area contributed by atoms with Crippen LogP contribution >= 0.6 is 11.6 Å². The maximum absolute atomic E-state index is 14.2. The first-order valence-corrected chi connectivity index (χ1v) is 12.9. The highest BCUT2D eigenvalue weighted by Gasteiger charge is 2.24. The van der Waals surface area contributed by atoms with Crippen molar-refractivity contribution < 1.29 is 27.2 Å². The molecule has 0 saturated heterocycles. The molecule has 0 aliphatic heterocycles. The maximum atomic E-state index is 14.2. The summed E-state index contributed by atoms with van der Waals surface area (Å²) < 4.78 is 57.9. The monoisotopic (exact) mass is 579 g/mol. The summed E-state index contributed by atoms with van der Waals surface area (Å²) in [5, 5.41) is 0.490. The standard InChI is InChI=1S/C31H22ClF4N3O2/c32-26-15-29-19(13-28(26)36)5-7-39(29)16-23(40)11-20(8-17-9-21(33)14-22(34)10-17)30-24(2-1-6-38-30)18-3-4-27(35)25(12-18)31(37)41/h1-7,9-10,12-15,20H,8,11,16H2,(H2,37,41)/t20-/m1/s1. The van der Waals surface area contributed by atoms with Crippen LogP contribution in [0.3, 0.4) is 0 Å². The van der Waals surface area contributed by atoms with Crippen LogP contribution < -0.4 is 5.73 Å². The van der Waals surface area contributed by atoms with Crippen molar-refractivity contribution in [2.24, 2.45) is 5.73 Å². The van der Waals surface area contributed by atoms with Gasteiger partial charge in [-0.05, 0) is 66.1 Å². The number of primary amides is 1. The Hall–Kier alpha value is -4.50. The number of pyridine rings is 1. The lowest BCUT2D eigenvalue weighted by molar-refractivity contribution is -0.120. The summed E-state index contributed by atoms with van der Waals surface area (Å²) in [7, 11) is 0. The summed E-state index contributed by atoms with van der Waals surface area (Å²) in [6, 6.07) is 14.7. The minimum atomic E-state index is -0.948. The number of hydrogen-bond donors (Lipinski definition) is 1. The largest absolute Gasteiger partial charge is 0.366 e. The van der Waals surface area contributed by atoms with Gasteiger partial charge in [-0.25, -0.2) is 17.6 Å². The van der Waals surface area contributed by atoms with Crippen LogP contribution in [0.2, 0.25) is 5.02 Å². The van der Waals surface area contributed by atoms with Gasteiger partial charge in [-0.2, -0.15) is 0 Å². The van der Waals surface area contributed by atoms with Crippen molar-refractivity contribution in [3.63, 3.8) is 0 Å². The Morgan fingerprint density at radius 2 is 1.68 bits per heavy atom. The van der Waals surface area contributed by atoms with Gasteiger partial charge in [0, 0.05) is 41.7 Å². The van der Waals surface area contributed by atoms with Crippen LogP contribution in [-0.4, -0.2) is 21.2 Å². The lowest BCUT2D eigenvalue weighted by Crippen LogP contribution is -2.17. The van der Waals surface area contributed by atoms with E-state index in [1.165, 1.54) is 42.6 Å². The molecule has 3 aromatic carbocycles. The van der Waals surface area contributed by atoms with Gasteiger partial charge < -0.3 is 10.3 Å². The van der Waals surface area contributed by atoms with Crippen LogP contribution in [0.4, 0.5) is 17.6 Å². The molecule has 1 amide bonds. The van der Waals surface area contributed by atoms with Crippen LogP contribution in [0.5, 0.6) is 0 Å². The molecule has 2 heterocycles. The molecule has 0 radical (unpaired) electrons. The Morgan fingerprint density at radius 1 is 0.927 bits per heavy atom. The molecule has 1 atom stereocenters. The van der Waals surface area contributed by atoms with Gasteiger partial charge in [0.05, 0.1) is 28.3 Å². The van der Waals surface area contributed by atoms with E-state index in [0.717, 1.165) is 12.1 Å². The summed E-state index contributed by atoms with van der Waals surface area (Å²) in [4.78, 5) is 29.7. The predicted molar refractivity (Wildman–Crippen MR) is 147 cm³/mol. The van der Waals surface area contributed by atoms with Gasteiger partial charge in [-0.1, -0.05) is 23.7 Å². The number of carbonyl (C=O) groups is 2. The number of amides is 1. The Balaban J connectivity index is 1.53. The molecule has 5 aromatic rings. The van der Waals surface area contributed by atoms with Crippen molar-refractivity contribution in [3.8, 4) is 11.1 Å². The van der Waals surface area contributed by atoms with E-state index >= 15 is 0 Å². The van der Waals surface area contributed by atoms with Gasteiger partial charge in [0.25, 0.3) is 5.91 Å². The second kappa shape index (κ2) is 11.5. The molecule has 10 heteroatoms. The molecule has 0 bridgehead atoms. The van der Waals surface area contributed by atoms with E-state index in [-0.39, 0.29) is 35.8 Å². The minimum absolute atomic E-state index is 0.0533. The molecule has 0 spiro atoms. The average molecular weight is 580 g/mol. The molecule has 2 N–H and O–H groups in total. The summed E-state index contributed by atoms with van der Waals surface area (Å²) in [5.74, 6) is -4.74. The van der Waals surface area contributed by atoms with E-state index in [9.17, 15) is 27.2 Å². The third kappa shape index (κ3) is 6.15. The number of aromatic nitrogens is 2. The second-order valence-electron chi connectivity index (χ2n) is 9.69. The summed E-state index contributed by atoms with van der Waals surface area (Å²) in [6.45, 7) is -0.0794. The Labute approximate surface area is 237 Å². The quantitative estimate of drug-likeness (QED) is 0.191. The predicted octanol–water partition coefficient (Wildman–Crippen LogP) is 7.00. The number of ketones is 1. The zero-order chi connectivity index (χ0) is 29.3. The van der Waals surface area contributed by atoms with Crippen molar-refractivity contribution in [3.05, 3.63) is 124 Å².